The van der Waals surface area contributed by atoms with Crippen molar-refractivity contribution in [3.8, 4) is 0 Å². The molecule has 4 heteroatoms. The molecule has 0 saturated carbocycles. The lowest BCUT2D eigenvalue weighted by atomic mass is 9.90. The molecular weight excluding hydrogens is 221 g/mol. The lowest BCUT2D eigenvalue weighted by Gasteiger charge is -2.23. The molecule has 0 amide bonds. The number of hydrogen-bond acceptors (Lipinski definition) is 2. The third-order valence-electron chi connectivity index (χ3n) is 3.21. The molecule has 0 aliphatic carbocycles. The zero-order valence-electron chi connectivity index (χ0n) is 9.58. The molecule has 2 rings (SSSR count). The highest BCUT2D eigenvalue weighted by molar-refractivity contribution is 5.89. The molecule has 1 heterocycles. The minimum absolute atomic E-state index is 0.0931. The molecule has 2 N–H and O–H groups in total. The molecule has 1 aromatic carbocycles. The minimum Gasteiger partial charge on any atom is -0.478 e. The van der Waals surface area contributed by atoms with Gasteiger partial charge in [-0.2, -0.15) is 0 Å². The van der Waals surface area contributed by atoms with Crippen molar-refractivity contribution in [3.63, 3.8) is 0 Å². The highest BCUT2D eigenvalue weighted by atomic mass is 19.1. The van der Waals surface area contributed by atoms with Crippen LogP contribution in [0.5, 0.6) is 0 Å². The first kappa shape index (κ1) is 12.0. The molecule has 3 nitrogen and oxygen atoms in total. The van der Waals surface area contributed by atoms with Crippen molar-refractivity contribution in [2.75, 3.05) is 13.1 Å². The Kier molecular flexibility index (Phi) is 3.74. The van der Waals surface area contributed by atoms with Crippen molar-refractivity contribution >= 4 is 5.97 Å². The van der Waals surface area contributed by atoms with Gasteiger partial charge in [0.1, 0.15) is 5.82 Å². The summed E-state index contributed by atoms with van der Waals surface area (Å²) >= 11 is 0. The summed E-state index contributed by atoms with van der Waals surface area (Å²) in [5, 5.41) is 12.3. The van der Waals surface area contributed by atoms with Crippen molar-refractivity contribution < 1.29 is 14.3 Å². The van der Waals surface area contributed by atoms with Gasteiger partial charge in [-0.25, -0.2) is 9.18 Å². The first-order chi connectivity index (χ1) is 8.16. The number of aromatic carboxylic acids is 1. The Morgan fingerprint density at radius 3 is 3.00 bits per heavy atom. The van der Waals surface area contributed by atoms with Gasteiger partial charge in [-0.1, -0.05) is 6.07 Å². The normalized spacial score (nSPS) is 20.2. The Hall–Kier alpha value is -1.42. The number of nitrogens with one attached hydrogen (secondary N) is 1. The highest BCUT2D eigenvalue weighted by Crippen LogP contribution is 2.20. The Morgan fingerprint density at radius 2 is 2.35 bits per heavy atom. The summed E-state index contributed by atoms with van der Waals surface area (Å²) in [7, 11) is 0. The topological polar surface area (TPSA) is 49.3 Å². The third-order valence-corrected chi connectivity index (χ3v) is 3.21. The van der Waals surface area contributed by atoms with Crippen LogP contribution in [-0.2, 0) is 6.42 Å². The fourth-order valence-corrected chi connectivity index (χ4v) is 2.33. The van der Waals surface area contributed by atoms with E-state index in [0.717, 1.165) is 37.6 Å². The van der Waals surface area contributed by atoms with Gasteiger partial charge in [-0.05, 0) is 56.0 Å². The van der Waals surface area contributed by atoms with E-state index in [4.69, 9.17) is 5.11 Å². The lowest BCUT2D eigenvalue weighted by molar-refractivity contribution is 0.0694. The van der Waals surface area contributed by atoms with Crippen molar-refractivity contribution in [2.24, 2.45) is 5.92 Å². The minimum atomic E-state index is -1.05. The summed E-state index contributed by atoms with van der Waals surface area (Å²) in [5.74, 6) is -1.09. The van der Waals surface area contributed by atoms with E-state index in [1.54, 1.807) is 6.07 Å². The highest BCUT2D eigenvalue weighted by Gasteiger charge is 2.18. The number of hydrogen-bond donors (Lipinski definition) is 2. The number of piperidine rings is 1. The first-order valence-corrected chi connectivity index (χ1v) is 5.89. The summed E-state index contributed by atoms with van der Waals surface area (Å²) < 4.78 is 13.0. The van der Waals surface area contributed by atoms with Crippen LogP contribution in [0.1, 0.15) is 28.8 Å². The average molecular weight is 237 g/mol. The van der Waals surface area contributed by atoms with E-state index in [0.29, 0.717) is 12.3 Å². The molecule has 1 aliphatic heterocycles. The Morgan fingerprint density at radius 1 is 1.53 bits per heavy atom. The van der Waals surface area contributed by atoms with Crippen LogP contribution in [0.15, 0.2) is 18.2 Å². The van der Waals surface area contributed by atoms with Crippen molar-refractivity contribution in [3.05, 3.63) is 35.1 Å². The van der Waals surface area contributed by atoms with E-state index >= 15 is 0 Å². The zero-order chi connectivity index (χ0) is 12.3. The van der Waals surface area contributed by atoms with Crippen LogP contribution in [0, 0.1) is 11.7 Å². The molecule has 1 aliphatic rings. The number of benzene rings is 1. The van der Waals surface area contributed by atoms with Crippen LogP contribution in [0.4, 0.5) is 4.39 Å². The van der Waals surface area contributed by atoms with Crippen LogP contribution in [0.25, 0.3) is 0 Å². The monoisotopic (exact) mass is 237 g/mol. The smallest absolute Gasteiger partial charge is 0.336 e. The van der Waals surface area contributed by atoms with Gasteiger partial charge >= 0.3 is 5.97 Å². The van der Waals surface area contributed by atoms with Gasteiger partial charge in [0.05, 0.1) is 5.56 Å². The first-order valence-electron chi connectivity index (χ1n) is 5.89. The second-order valence-electron chi connectivity index (χ2n) is 4.52. The van der Waals surface area contributed by atoms with Gasteiger partial charge in [0.25, 0.3) is 0 Å². The molecular formula is C13H16FNO2. The molecule has 92 valence electrons. The van der Waals surface area contributed by atoms with Gasteiger partial charge in [0, 0.05) is 0 Å². The summed E-state index contributed by atoms with van der Waals surface area (Å²) in [6.45, 7) is 1.95. The molecule has 0 bridgehead atoms. The third kappa shape index (κ3) is 3.03. The maximum absolute atomic E-state index is 13.0. The van der Waals surface area contributed by atoms with E-state index in [-0.39, 0.29) is 5.56 Å². The van der Waals surface area contributed by atoms with Gasteiger partial charge in [-0.15, -0.1) is 0 Å². The number of rotatable bonds is 3. The second kappa shape index (κ2) is 5.27. The molecule has 0 spiro atoms. The summed E-state index contributed by atoms with van der Waals surface area (Å²) in [5.41, 5.74) is 0.822. The molecule has 1 saturated heterocycles. The fourth-order valence-electron chi connectivity index (χ4n) is 2.33. The van der Waals surface area contributed by atoms with Crippen molar-refractivity contribution in [1.82, 2.24) is 5.32 Å². The average Bonchev–Trinajstić information content (AvgIpc) is 2.32. The van der Waals surface area contributed by atoms with E-state index < -0.39 is 11.8 Å². The summed E-state index contributed by atoms with van der Waals surface area (Å²) in [4.78, 5) is 11.0. The Labute approximate surface area is 99.7 Å². The molecule has 1 aromatic rings. The quantitative estimate of drug-likeness (QED) is 0.846. The van der Waals surface area contributed by atoms with E-state index in [9.17, 15) is 9.18 Å². The molecule has 1 fully saturated rings. The Balaban J connectivity index is 2.16. The number of carboxylic acid groups (broad SMARTS) is 1. The SMILES string of the molecule is O=C(O)c1cc(F)ccc1CC1CCCNC1. The largest absolute Gasteiger partial charge is 0.478 e. The van der Waals surface area contributed by atoms with E-state index in [1.165, 1.54) is 6.07 Å². The second-order valence-corrected chi connectivity index (χ2v) is 4.52. The Bertz CT molecular complexity index is 414. The molecule has 1 atom stereocenters. The van der Waals surface area contributed by atoms with Crippen LogP contribution in [0.2, 0.25) is 0 Å². The maximum Gasteiger partial charge on any atom is 0.336 e. The molecule has 0 radical (unpaired) electrons. The van der Waals surface area contributed by atoms with Gasteiger partial charge < -0.3 is 10.4 Å². The summed E-state index contributed by atoms with van der Waals surface area (Å²) in [6, 6.07) is 4.03. The number of carboxylic acids is 1. The predicted molar refractivity (Wildman–Crippen MR) is 62.7 cm³/mol. The predicted octanol–water partition coefficient (Wildman–Crippen LogP) is 2.07. The van der Waals surface area contributed by atoms with Gasteiger partial charge in [0.2, 0.25) is 0 Å². The van der Waals surface area contributed by atoms with E-state index in [1.807, 2.05) is 0 Å². The summed E-state index contributed by atoms with van der Waals surface area (Å²) in [6.07, 6.45) is 2.92. The van der Waals surface area contributed by atoms with Crippen LogP contribution >= 0.6 is 0 Å². The standard InChI is InChI=1S/C13H16FNO2/c14-11-4-3-10(12(7-11)13(16)17)6-9-2-1-5-15-8-9/h3-4,7,9,15H,1-2,5-6,8H2,(H,16,17). The van der Waals surface area contributed by atoms with Crippen LogP contribution in [-0.4, -0.2) is 24.2 Å². The maximum atomic E-state index is 13.0. The molecule has 0 aromatic heterocycles. The van der Waals surface area contributed by atoms with Crippen LogP contribution < -0.4 is 5.32 Å². The van der Waals surface area contributed by atoms with E-state index in [2.05, 4.69) is 5.32 Å². The lowest BCUT2D eigenvalue weighted by Crippen LogP contribution is -2.31. The molecule has 17 heavy (non-hydrogen) atoms. The zero-order valence-corrected chi connectivity index (χ0v) is 9.58. The van der Waals surface area contributed by atoms with Crippen LogP contribution in [0.3, 0.4) is 0 Å². The molecule has 1 unspecified atom stereocenters. The number of carbonyl (C=O) groups is 1. The van der Waals surface area contributed by atoms with Gasteiger partial charge in [0.15, 0.2) is 0 Å². The van der Waals surface area contributed by atoms with Gasteiger partial charge in [-0.3, -0.25) is 0 Å². The van der Waals surface area contributed by atoms with Crippen molar-refractivity contribution in [1.29, 1.82) is 0 Å². The van der Waals surface area contributed by atoms with Crippen molar-refractivity contribution in [2.45, 2.75) is 19.3 Å². The number of halogens is 1. The fraction of sp³-hybridized carbons (Fsp3) is 0.462.